The Bertz CT molecular complexity index is 2400. The van der Waals surface area contributed by atoms with Crippen molar-refractivity contribution in [3.05, 3.63) is 88.7 Å². The van der Waals surface area contributed by atoms with Gasteiger partial charge in [0.15, 0.2) is 16.6 Å². The number of thiazole rings is 1. The first-order valence-corrected chi connectivity index (χ1v) is 24.1. The lowest BCUT2D eigenvalue weighted by molar-refractivity contribution is -0.140. The lowest BCUT2D eigenvalue weighted by Crippen LogP contribution is -2.55. The minimum absolute atomic E-state index is 0.0830. The van der Waals surface area contributed by atoms with Crippen LogP contribution in [0, 0.1) is 11.2 Å². The maximum Gasteiger partial charge on any atom is 0.335 e. The van der Waals surface area contributed by atoms with Gasteiger partial charge in [-0.2, -0.15) is 0 Å². The number of carbonyl (C=O) groups is 5. The van der Waals surface area contributed by atoms with Crippen LogP contribution in [-0.2, 0) is 50.1 Å². The Morgan fingerprint density at radius 2 is 1.56 bits per heavy atom. The Morgan fingerprint density at radius 3 is 2.21 bits per heavy atom. The summed E-state index contributed by atoms with van der Waals surface area (Å²) in [7, 11) is 1.57. The van der Waals surface area contributed by atoms with Gasteiger partial charge >= 0.3 is 5.97 Å². The van der Waals surface area contributed by atoms with Gasteiger partial charge in [0.1, 0.15) is 37.4 Å². The van der Waals surface area contributed by atoms with Gasteiger partial charge in [-0.25, -0.2) is 14.2 Å². The molecule has 19 nitrogen and oxygen atoms in total. The first-order valence-electron chi connectivity index (χ1n) is 23.2. The molecule has 1 aromatic heterocycles. The van der Waals surface area contributed by atoms with Crippen LogP contribution in [0.15, 0.2) is 66.2 Å². The standard InChI is InChI=1S/C50H65FN6O13S/c1-32(58)29-57(6)46(62)45(49(2,3)4)55-44(61)31-68-21-19-66-18-20-67-30-43(60)52-15-17-65-22-23-69-40-25-35-13-14-54-50(5,28-42(59)56-48-53-16-24-71-48)38(35)27-41(40)70-36-11-12-37(39(51)26-36)33-7-9-34(10-8-33)47(63)64/h7-12,16,24-27,32,45,54,58H,13-15,17-23,28-31H2,1-6H3,(H,52,60)(H,55,61)(H,63,64)(H,53,56,59)/t32?,45-,50-/m1/s1. The summed E-state index contributed by atoms with van der Waals surface area (Å²) in [6.45, 7) is 10.6. The zero-order valence-corrected chi connectivity index (χ0v) is 41.8. The van der Waals surface area contributed by atoms with Crippen LogP contribution in [0.5, 0.6) is 17.2 Å². The maximum absolute atomic E-state index is 15.6. The number of nitrogens with one attached hydrogen (secondary N) is 4. The molecule has 3 aromatic carbocycles. The molecular weight excluding hydrogens is 944 g/mol. The smallest absolute Gasteiger partial charge is 0.335 e. The van der Waals surface area contributed by atoms with Gasteiger partial charge in [-0.1, -0.05) is 32.9 Å². The molecular formula is C50H65FN6O13S. The molecule has 4 aromatic rings. The molecule has 4 amide bonds. The summed E-state index contributed by atoms with van der Waals surface area (Å²) in [4.78, 5) is 67.8. The zero-order valence-electron chi connectivity index (χ0n) is 41.0. The number of hydrogen-bond donors (Lipinski definition) is 6. The van der Waals surface area contributed by atoms with Gasteiger partial charge in [-0.15, -0.1) is 11.3 Å². The second kappa shape index (κ2) is 26.9. The predicted molar refractivity (Wildman–Crippen MR) is 262 cm³/mol. The van der Waals surface area contributed by atoms with Crippen molar-refractivity contribution in [2.75, 3.05) is 91.5 Å². The van der Waals surface area contributed by atoms with E-state index < -0.39 is 40.8 Å². The van der Waals surface area contributed by atoms with Gasteiger partial charge in [0, 0.05) is 61.8 Å². The molecule has 0 spiro atoms. The zero-order chi connectivity index (χ0) is 51.6. The number of fused-ring (bicyclic) bond motifs is 1. The van der Waals surface area contributed by atoms with Gasteiger partial charge in [-0.05, 0) is 78.8 Å². The van der Waals surface area contributed by atoms with E-state index in [2.05, 4.69) is 26.3 Å². The summed E-state index contributed by atoms with van der Waals surface area (Å²) in [6.07, 6.45) is 1.64. The number of aromatic carboxylic acids is 1. The van der Waals surface area contributed by atoms with Crippen molar-refractivity contribution in [1.82, 2.24) is 25.8 Å². The van der Waals surface area contributed by atoms with Crippen molar-refractivity contribution in [3.8, 4) is 28.4 Å². The summed E-state index contributed by atoms with van der Waals surface area (Å²) < 4.78 is 50.0. The minimum atomic E-state index is -1.08. The molecule has 6 N–H and O–H groups in total. The van der Waals surface area contributed by atoms with Crippen LogP contribution in [0.2, 0.25) is 0 Å². The third kappa shape index (κ3) is 17.6. The Morgan fingerprint density at radius 1 is 0.887 bits per heavy atom. The fraction of sp³-hybridized carbons (Fsp3) is 0.480. The fourth-order valence-corrected chi connectivity index (χ4v) is 8.12. The van der Waals surface area contributed by atoms with E-state index in [0.717, 1.165) is 11.1 Å². The quantitative estimate of drug-likeness (QED) is 0.0420. The third-order valence-electron chi connectivity index (χ3n) is 11.1. The number of ether oxygens (including phenoxy) is 6. The van der Waals surface area contributed by atoms with Crippen LogP contribution >= 0.6 is 11.3 Å². The van der Waals surface area contributed by atoms with Crippen LogP contribution in [0.1, 0.15) is 62.5 Å². The molecule has 0 aliphatic carbocycles. The van der Waals surface area contributed by atoms with E-state index in [-0.39, 0.29) is 119 Å². The number of rotatable bonds is 28. The van der Waals surface area contributed by atoms with E-state index in [0.29, 0.717) is 29.4 Å². The van der Waals surface area contributed by atoms with Crippen molar-refractivity contribution < 1.29 is 67.0 Å². The van der Waals surface area contributed by atoms with E-state index in [9.17, 15) is 34.2 Å². The number of aliphatic hydroxyl groups is 1. The number of nitrogens with zero attached hydrogens (tertiary/aromatic N) is 2. The van der Waals surface area contributed by atoms with Gasteiger partial charge < -0.3 is 64.8 Å². The summed E-state index contributed by atoms with van der Waals surface area (Å²) in [6, 6.07) is 13.1. The van der Waals surface area contributed by atoms with Gasteiger partial charge in [0.05, 0.1) is 51.3 Å². The average Bonchev–Trinajstić information content (AvgIpc) is 3.82. The summed E-state index contributed by atoms with van der Waals surface area (Å²) in [5, 5.41) is 32.9. The first kappa shape index (κ1) is 55.9. The first-order chi connectivity index (χ1) is 33.8. The van der Waals surface area contributed by atoms with E-state index in [4.69, 9.17) is 28.4 Å². The van der Waals surface area contributed by atoms with Crippen LogP contribution in [0.4, 0.5) is 9.52 Å². The third-order valence-corrected chi connectivity index (χ3v) is 11.8. The van der Waals surface area contributed by atoms with Crippen LogP contribution in [-0.4, -0.2) is 148 Å². The molecule has 21 heteroatoms. The Hall–Kier alpha value is -6.07. The van der Waals surface area contributed by atoms with Crippen molar-refractivity contribution in [2.24, 2.45) is 5.41 Å². The fourth-order valence-electron chi connectivity index (χ4n) is 7.58. The number of halogens is 1. The number of anilines is 1. The SMILES string of the molecule is CC(O)CN(C)C(=O)[C@@H](NC(=O)COCCOCCOCC(=O)NCCOCCOc1cc2c(cc1Oc1ccc(-c3ccc(C(=O)O)cc3)c(F)c1)[C@@](C)(CC(=O)Nc1nccs1)NCC2)C(C)(C)C. The lowest BCUT2D eigenvalue weighted by Gasteiger charge is -2.37. The van der Waals surface area contributed by atoms with Gasteiger partial charge in [-0.3, -0.25) is 19.2 Å². The van der Waals surface area contributed by atoms with Crippen LogP contribution in [0.25, 0.3) is 11.1 Å². The number of aliphatic hydroxyl groups excluding tert-OH is 1. The van der Waals surface area contributed by atoms with Crippen LogP contribution < -0.4 is 30.7 Å². The number of hydrogen-bond acceptors (Lipinski definition) is 15. The Labute approximate surface area is 416 Å². The Balaban J connectivity index is 1.04. The predicted octanol–water partition coefficient (Wildman–Crippen LogP) is 4.76. The number of likely N-dealkylation sites (N-methyl/N-ethyl adjacent to an activating group) is 1. The molecule has 1 aliphatic rings. The summed E-state index contributed by atoms with van der Waals surface area (Å²) in [5.74, 6) is -2.18. The van der Waals surface area contributed by atoms with Crippen LogP contribution in [0.3, 0.4) is 0 Å². The van der Waals surface area contributed by atoms with E-state index in [1.807, 2.05) is 33.8 Å². The average molecular weight is 1010 g/mol. The number of aromatic nitrogens is 1. The maximum atomic E-state index is 15.6. The molecule has 386 valence electrons. The lowest BCUT2D eigenvalue weighted by atomic mass is 9.81. The van der Waals surface area contributed by atoms with Crippen molar-refractivity contribution >= 4 is 46.1 Å². The van der Waals surface area contributed by atoms with Gasteiger partial charge in [0.25, 0.3) is 0 Å². The van der Waals surface area contributed by atoms with Crippen molar-refractivity contribution in [2.45, 2.75) is 65.1 Å². The largest absolute Gasteiger partial charge is 0.487 e. The second-order valence-electron chi connectivity index (χ2n) is 18.1. The topological polar surface area (TPSA) is 245 Å². The molecule has 0 saturated carbocycles. The number of carbonyl (C=O) groups excluding carboxylic acids is 4. The normalized spacial score (nSPS) is 15.2. The molecule has 2 heterocycles. The molecule has 0 bridgehead atoms. The number of amides is 4. The number of benzene rings is 3. The van der Waals surface area contributed by atoms with Crippen molar-refractivity contribution in [1.29, 1.82) is 0 Å². The molecule has 0 fully saturated rings. The molecule has 0 saturated heterocycles. The number of carboxylic acid groups (broad SMARTS) is 1. The molecule has 3 atom stereocenters. The molecule has 71 heavy (non-hydrogen) atoms. The van der Waals surface area contributed by atoms with Crippen molar-refractivity contribution in [3.63, 3.8) is 0 Å². The molecule has 1 aliphatic heterocycles. The highest BCUT2D eigenvalue weighted by molar-refractivity contribution is 7.13. The number of carboxylic acids is 1. The summed E-state index contributed by atoms with van der Waals surface area (Å²) >= 11 is 1.32. The monoisotopic (exact) mass is 1010 g/mol. The molecule has 0 radical (unpaired) electrons. The summed E-state index contributed by atoms with van der Waals surface area (Å²) in [5.41, 5.74) is 1.21. The van der Waals surface area contributed by atoms with Gasteiger partial charge in [0.2, 0.25) is 23.6 Å². The second-order valence-corrected chi connectivity index (χ2v) is 19.0. The molecule has 5 rings (SSSR count). The minimum Gasteiger partial charge on any atom is -0.487 e. The highest BCUT2D eigenvalue weighted by Gasteiger charge is 2.37. The van der Waals surface area contributed by atoms with E-state index in [1.54, 1.807) is 43.7 Å². The van der Waals surface area contributed by atoms with E-state index >= 15 is 4.39 Å². The molecule has 1 unspecified atom stereocenters. The highest BCUT2D eigenvalue weighted by atomic mass is 32.1. The highest BCUT2D eigenvalue weighted by Crippen LogP contribution is 2.42. The van der Waals surface area contributed by atoms with E-state index in [1.165, 1.54) is 46.6 Å². The Kier molecular flexibility index (Phi) is 21.2.